The Kier molecular flexibility index (Phi) is 7.12. The van der Waals surface area contributed by atoms with Gasteiger partial charge in [-0.25, -0.2) is 0 Å². The van der Waals surface area contributed by atoms with Crippen LogP contribution in [0.25, 0.3) is 0 Å². The molecule has 0 bridgehead atoms. The molecule has 1 heterocycles. The molecule has 1 fully saturated rings. The number of amides is 1. The van der Waals surface area contributed by atoms with Gasteiger partial charge in [-0.05, 0) is 44.9 Å². The van der Waals surface area contributed by atoms with Crippen molar-refractivity contribution >= 4 is 28.8 Å². The van der Waals surface area contributed by atoms with Gasteiger partial charge in [-0.1, -0.05) is 26.1 Å². The summed E-state index contributed by atoms with van der Waals surface area (Å²) in [6, 6.07) is 3.10. The normalized spacial score (nSPS) is 25.2. The molecule has 2 rings (SSSR count). The summed E-state index contributed by atoms with van der Waals surface area (Å²) in [5, 5.41) is 20.1. The predicted molar refractivity (Wildman–Crippen MR) is 114 cm³/mol. The first-order valence-electron chi connectivity index (χ1n) is 9.86. The Morgan fingerprint density at radius 1 is 1.35 bits per heavy atom. The summed E-state index contributed by atoms with van der Waals surface area (Å²) in [6.07, 6.45) is -5.16. The van der Waals surface area contributed by atoms with Crippen LogP contribution >= 0.6 is 12.2 Å². The molecular formula is C21H29F3N2O4S. The van der Waals surface area contributed by atoms with E-state index in [1.807, 2.05) is 0 Å². The summed E-state index contributed by atoms with van der Waals surface area (Å²) in [6.45, 7) is 7.89. The number of alkyl halides is 3. The Morgan fingerprint density at radius 3 is 2.35 bits per heavy atom. The molecule has 0 radical (unpaired) electrons. The Labute approximate surface area is 185 Å². The zero-order chi connectivity index (χ0) is 23.9. The van der Waals surface area contributed by atoms with Crippen molar-refractivity contribution in [1.82, 2.24) is 0 Å². The fourth-order valence-electron chi connectivity index (χ4n) is 4.04. The molecule has 0 aromatic heterocycles. The molecule has 0 aliphatic carbocycles. The molecule has 1 saturated heterocycles. The minimum absolute atomic E-state index is 0.128. The number of rotatable bonds is 6. The highest BCUT2D eigenvalue weighted by atomic mass is 32.1. The molecule has 1 aromatic rings. The number of nitrogens with two attached hydrogens (primary N) is 1. The predicted octanol–water partition coefficient (Wildman–Crippen LogP) is 3.21. The van der Waals surface area contributed by atoms with Gasteiger partial charge in [0, 0.05) is 23.6 Å². The largest absolute Gasteiger partial charge is 0.417 e. The van der Waals surface area contributed by atoms with Crippen LogP contribution in [0.15, 0.2) is 18.2 Å². The molecule has 10 heteroatoms. The van der Waals surface area contributed by atoms with Crippen molar-refractivity contribution in [2.45, 2.75) is 64.5 Å². The van der Waals surface area contributed by atoms with E-state index < -0.39 is 58.5 Å². The average molecular weight is 463 g/mol. The minimum atomic E-state index is -4.75. The third-order valence-corrected chi connectivity index (χ3v) is 6.51. The number of ether oxygens (including phenoxy) is 1. The quantitative estimate of drug-likeness (QED) is 0.444. The van der Waals surface area contributed by atoms with E-state index in [2.05, 4.69) is 0 Å². The lowest BCUT2D eigenvalue weighted by atomic mass is 9.78. The molecule has 4 atom stereocenters. The number of aliphatic hydroxyl groups excluding tert-OH is 2. The second-order valence-corrected chi connectivity index (χ2v) is 9.25. The zero-order valence-electron chi connectivity index (χ0n) is 18.2. The number of hydrogen-bond donors (Lipinski definition) is 3. The number of carbonyl (C=O) groups excluding carboxylic acids is 1. The van der Waals surface area contributed by atoms with Crippen molar-refractivity contribution in [2.75, 3.05) is 11.6 Å². The summed E-state index contributed by atoms with van der Waals surface area (Å²) >= 11 is 4.70. The van der Waals surface area contributed by atoms with Crippen LogP contribution in [0.5, 0.6) is 0 Å². The zero-order valence-corrected chi connectivity index (χ0v) is 19.0. The second-order valence-electron chi connectivity index (χ2n) is 8.82. The van der Waals surface area contributed by atoms with Gasteiger partial charge in [-0.15, -0.1) is 0 Å². The van der Waals surface area contributed by atoms with E-state index in [4.69, 9.17) is 22.7 Å². The summed E-state index contributed by atoms with van der Waals surface area (Å²) in [5.41, 5.74) is 2.21. The van der Waals surface area contributed by atoms with Gasteiger partial charge < -0.3 is 20.7 Å². The molecule has 1 aromatic carbocycles. The standard InChI is InChI=1S/C21H29F3N2O4S/c1-11(12(2)20(5)9-16(28)19(3,4)30-20)18(29)26(10-27)13-6-7-14(17(25)31)15(8-13)21(22,23)24/h6-8,11-12,16,27-28H,9-10H2,1-5H3,(H2,25,31). The van der Waals surface area contributed by atoms with Crippen molar-refractivity contribution in [3.05, 3.63) is 29.3 Å². The van der Waals surface area contributed by atoms with Gasteiger partial charge in [-0.2, -0.15) is 13.2 Å². The van der Waals surface area contributed by atoms with Crippen LogP contribution in [-0.2, 0) is 15.7 Å². The maximum Gasteiger partial charge on any atom is 0.417 e. The van der Waals surface area contributed by atoms with Crippen LogP contribution in [0.2, 0.25) is 0 Å². The van der Waals surface area contributed by atoms with Crippen molar-refractivity contribution in [2.24, 2.45) is 17.6 Å². The summed E-state index contributed by atoms with van der Waals surface area (Å²) < 4.78 is 46.5. The molecule has 0 spiro atoms. The van der Waals surface area contributed by atoms with Crippen LogP contribution < -0.4 is 10.6 Å². The topological polar surface area (TPSA) is 96.0 Å². The van der Waals surface area contributed by atoms with Crippen molar-refractivity contribution in [3.8, 4) is 0 Å². The first kappa shape index (κ1) is 25.5. The molecular weight excluding hydrogens is 433 g/mol. The lowest BCUT2D eigenvalue weighted by Crippen LogP contribution is -2.45. The van der Waals surface area contributed by atoms with E-state index in [9.17, 15) is 28.2 Å². The molecule has 1 aliphatic rings. The first-order chi connectivity index (χ1) is 14.0. The highest BCUT2D eigenvalue weighted by Crippen LogP contribution is 2.45. The molecule has 1 aliphatic heterocycles. The van der Waals surface area contributed by atoms with Gasteiger partial charge in [0.1, 0.15) is 11.7 Å². The molecule has 4 unspecified atom stereocenters. The van der Waals surface area contributed by atoms with E-state index in [1.165, 1.54) is 6.07 Å². The van der Waals surface area contributed by atoms with Gasteiger partial charge in [0.2, 0.25) is 5.91 Å². The van der Waals surface area contributed by atoms with Crippen molar-refractivity contribution in [1.29, 1.82) is 0 Å². The lowest BCUT2D eigenvalue weighted by Gasteiger charge is -2.37. The molecule has 174 valence electrons. The Morgan fingerprint density at radius 2 is 1.94 bits per heavy atom. The SMILES string of the molecule is CC(C(=O)N(CO)c1ccc(C(N)=S)c(C(F)(F)F)c1)C(C)C1(C)CC(O)C(C)(C)O1. The third kappa shape index (κ3) is 5.02. The average Bonchev–Trinajstić information content (AvgIpc) is 2.87. The smallest absolute Gasteiger partial charge is 0.390 e. The van der Waals surface area contributed by atoms with Gasteiger partial charge in [0.25, 0.3) is 0 Å². The first-order valence-corrected chi connectivity index (χ1v) is 10.3. The Hall–Kier alpha value is -1.75. The number of benzene rings is 1. The number of carbonyl (C=O) groups is 1. The molecule has 1 amide bonds. The van der Waals surface area contributed by atoms with Crippen LogP contribution in [0, 0.1) is 11.8 Å². The maximum absolute atomic E-state index is 13.5. The minimum Gasteiger partial charge on any atom is -0.390 e. The van der Waals surface area contributed by atoms with Crippen LogP contribution in [0.4, 0.5) is 18.9 Å². The van der Waals surface area contributed by atoms with Crippen molar-refractivity contribution < 1.29 is 32.9 Å². The number of aliphatic hydroxyl groups is 2. The van der Waals surface area contributed by atoms with E-state index >= 15 is 0 Å². The van der Waals surface area contributed by atoms with Crippen molar-refractivity contribution in [3.63, 3.8) is 0 Å². The fraction of sp³-hybridized carbons (Fsp3) is 0.619. The third-order valence-electron chi connectivity index (χ3n) is 6.29. The van der Waals surface area contributed by atoms with E-state index in [0.29, 0.717) is 6.42 Å². The number of halogens is 3. The van der Waals surface area contributed by atoms with Crippen LogP contribution in [0.3, 0.4) is 0 Å². The highest BCUT2D eigenvalue weighted by Gasteiger charge is 2.52. The summed E-state index contributed by atoms with van der Waals surface area (Å²) in [7, 11) is 0. The van der Waals surface area contributed by atoms with E-state index in [-0.39, 0.29) is 11.3 Å². The van der Waals surface area contributed by atoms with Crippen LogP contribution in [-0.4, -0.2) is 45.1 Å². The van der Waals surface area contributed by atoms with Gasteiger partial charge in [-0.3, -0.25) is 9.69 Å². The molecule has 31 heavy (non-hydrogen) atoms. The maximum atomic E-state index is 13.5. The summed E-state index contributed by atoms with van der Waals surface area (Å²) in [4.78, 5) is 13.6. The molecule has 0 saturated carbocycles. The number of nitrogens with zero attached hydrogens (tertiary/aromatic N) is 1. The summed E-state index contributed by atoms with van der Waals surface area (Å²) in [5.74, 6) is -1.69. The molecule has 6 nitrogen and oxygen atoms in total. The van der Waals surface area contributed by atoms with E-state index in [1.54, 1.807) is 34.6 Å². The van der Waals surface area contributed by atoms with Gasteiger partial charge in [0.05, 0.1) is 22.9 Å². The number of thiocarbonyl (C=S) groups is 1. The second kappa shape index (κ2) is 8.65. The number of anilines is 1. The van der Waals surface area contributed by atoms with Gasteiger partial charge >= 0.3 is 6.18 Å². The number of hydrogen-bond acceptors (Lipinski definition) is 5. The monoisotopic (exact) mass is 462 g/mol. The lowest BCUT2D eigenvalue weighted by molar-refractivity contribution is -0.141. The van der Waals surface area contributed by atoms with E-state index in [0.717, 1.165) is 17.0 Å². The van der Waals surface area contributed by atoms with Crippen LogP contribution in [0.1, 0.15) is 52.2 Å². The van der Waals surface area contributed by atoms with Gasteiger partial charge in [0.15, 0.2) is 0 Å². The Bertz CT molecular complexity index is 862. The fourth-order valence-corrected chi connectivity index (χ4v) is 4.21. The Balaban J connectivity index is 2.36. The molecule has 4 N–H and O–H groups in total. The highest BCUT2D eigenvalue weighted by molar-refractivity contribution is 7.80.